The molecule has 1 heteroatoms. The standard InChI is InChI=1S/C19H15F/c1-3-4-5-16-8-10-17(11-9-16)12-13-18-7-6-15(2)19(20)14-18/h6-11,14H,5H2,1-2H3. The Morgan fingerprint density at radius 3 is 2.25 bits per heavy atom. The zero-order valence-electron chi connectivity index (χ0n) is 11.6. The Morgan fingerprint density at radius 2 is 1.60 bits per heavy atom. The molecule has 98 valence electrons. The lowest BCUT2D eigenvalue weighted by atomic mass is 10.1. The molecule has 0 aliphatic rings. The Hall–Kier alpha value is -2.51. The van der Waals surface area contributed by atoms with E-state index in [2.05, 4.69) is 23.7 Å². The van der Waals surface area contributed by atoms with Gasteiger partial charge in [-0.1, -0.05) is 36.0 Å². The van der Waals surface area contributed by atoms with Gasteiger partial charge in [0.1, 0.15) is 5.82 Å². The van der Waals surface area contributed by atoms with Gasteiger partial charge in [-0.05, 0) is 49.2 Å². The molecule has 0 atom stereocenters. The van der Waals surface area contributed by atoms with E-state index in [0.717, 1.165) is 12.0 Å². The molecule has 0 aliphatic carbocycles. The minimum Gasteiger partial charge on any atom is -0.207 e. The predicted molar refractivity (Wildman–Crippen MR) is 80.7 cm³/mol. The van der Waals surface area contributed by atoms with Crippen molar-refractivity contribution in [2.45, 2.75) is 20.3 Å². The van der Waals surface area contributed by atoms with Crippen molar-refractivity contribution in [2.75, 3.05) is 0 Å². The molecular formula is C19H15F. The van der Waals surface area contributed by atoms with Crippen LogP contribution in [0.4, 0.5) is 4.39 Å². The van der Waals surface area contributed by atoms with Gasteiger partial charge in [0.05, 0.1) is 0 Å². The third kappa shape index (κ3) is 3.74. The number of benzene rings is 2. The van der Waals surface area contributed by atoms with Gasteiger partial charge in [0.2, 0.25) is 0 Å². The maximum absolute atomic E-state index is 13.4. The van der Waals surface area contributed by atoms with E-state index >= 15 is 0 Å². The van der Waals surface area contributed by atoms with Gasteiger partial charge in [-0.2, -0.15) is 0 Å². The van der Waals surface area contributed by atoms with Crippen LogP contribution in [0.2, 0.25) is 0 Å². The van der Waals surface area contributed by atoms with Gasteiger partial charge in [-0.25, -0.2) is 4.39 Å². The van der Waals surface area contributed by atoms with Crippen molar-refractivity contribution < 1.29 is 4.39 Å². The summed E-state index contributed by atoms with van der Waals surface area (Å²) in [7, 11) is 0. The lowest BCUT2D eigenvalue weighted by molar-refractivity contribution is 0.618. The van der Waals surface area contributed by atoms with Crippen LogP contribution in [0.5, 0.6) is 0 Å². The molecule has 2 aromatic rings. The highest BCUT2D eigenvalue weighted by atomic mass is 19.1. The molecule has 0 N–H and O–H groups in total. The average Bonchev–Trinajstić information content (AvgIpc) is 2.47. The van der Waals surface area contributed by atoms with Crippen LogP contribution in [0, 0.1) is 36.4 Å². The molecule has 0 radical (unpaired) electrons. The molecule has 0 spiro atoms. The molecule has 0 unspecified atom stereocenters. The first-order valence-corrected chi connectivity index (χ1v) is 6.46. The van der Waals surface area contributed by atoms with Gasteiger partial charge in [-0.15, -0.1) is 5.92 Å². The van der Waals surface area contributed by atoms with E-state index in [0.29, 0.717) is 11.1 Å². The molecule has 0 aromatic heterocycles. The molecule has 0 fully saturated rings. The first kappa shape index (κ1) is 13.9. The van der Waals surface area contributed by atoms with Crippen molar-refractivity contribution in [2.24, 2.45) is 0 Å². The van der Waals surface area contributed by atoms with Gasteiger partial charge >= 0.3 is 0 Å². The third-order valence-electron chi connectivity index (χ3n) is 2.95. The summed E-state index contributed by atoms with van der Waals surface area (Å²) in [6.45, 7) is 3.57. The summed E-state index contributed by atoms with van der Waals surface area (Å²) in [5.41, 5.74) is 3.41. The smallest absolute Gasteiger partial charge is 0.127 e. The molecule has 20 heavy (non-hydrogen) atoms. The summed E-state index contributed by atoms with van der Waals surface area (Å²) in [6, 6.07) is 13.0. The van der Waals surface area contributed by atoms with Gasteiger partial charge in [0.15, 0.2) is 0 Å². The fourth-order valence-corrected chi connectivity index (χ4v) is 1.71. The van der Waals surface area contributed by atoms with Crippen LogP contribution in [-0.4, -0.2) is 0 Å². The quantitative estimate of drug-likeness (QED) is 0.679. The van der Waals surface area contributed by atoms with E-state index in [-0.39, 0.29) is 5.82 Å². The summed E-state index contributed by atoms with van der Waals surface area (Å²) >= 11 is 0. The lowest BCUT2D eigenvalue weighted by Crippen LogP contribution is -1.84. The van der Waals surface area contributed by atoms with Crippen molar-refractivity contribution in [3.63, 3.8) is 0 Å². The monoisotopic (exact) mass is 262 g/mol. The van der Waals surface area contributed by atoms with Gasteiger partial charge < -0.3 is 0 Å². The largest absolute Gasteiger partial charge is 0.207 e. The fraction of sp³-hybridized carbons (Fsp3) is 0.158. The average molecular weight is 262 g/mol. The molecule has 2 rings (SSSR count). The number of rotatable bonds is 1. The Balaban J connectivity index is 2.15. The minimum atomic E-state index is -0.217. The number of aryl methyl sites for hydroxylation is 1. The summed E-state index contributed by atoms with van der Waals surface area (Å²) in [6.07, 6.45) is 0.757. The van der Waals surface area contributed by atoms with Crippen molar-refractivity contribution in [1.29, 1.82) is 0 Å². The molecule has 0 aliphatic heterocycles. The Bertz CT molecular complexity index is 716. The summed E-state index contributed by atoms with van der Waals surface area (Å²) < 4.78 is 13.4. The van der Waals surface area contributed by atoms with Crippen molar-refractivity contribution in [1.82, 2.24) is 0 Å². The topological polar surface area (TPSA) is 0 Å². The first-order chi connectivity index (χ1) is 9.69. The first-order valence-electron chi connectivity index (χ1n) is 6.46. The second kappa shape index (κ2) is 6.60. The van der Waals surface area contributed by atoms with E-state index in [4.69, 9.17) is 0 Å². The normalized spacial score (nSPS) is 9.15. The van der Waals surface area contributed by atoms with E-state index in [9.17, 15) is 4.39 Å². The molecule has 0 heterocycles. The molecule has 0 amide bonds. The third-order valence-corrected chi connectivity index (χ3v) is 2.95. The van der Waals surface area contributed by atoms with Gasteiger partial charge in [0, 0.05) is 17.5 Å². The second-order valence-electron chi connectivity index (χ2n) is 4.51. The highest BCUT2D eigenvalue weighted by Crippen LogP contribution is 2.09. The van der Waals surface area contributed by atoms with Crippen LogP contribution in [0.1, 0.15) is 29.2 Å². The van der Waals surface area contributed by atoms with E-state index in [1.165, 1.54) is 11.6 Å². The summed E-state index contributed by atoms with van der Waals surface area (Å²) in [5, 5.41) is 0. The highest BCUT2D eigenvalue weighted by Gasteiger charge is 1.96. The Morgan fingerprint density at radius 1 is 0.950 bits per heavy atom. The van der Waals surface area contributed by atoms with E-state index in [1.54, 1.807) is 13.0 Å². The summed E-state index contributed by atoms with van der Waals surface area (Å²) in [5.74, 6) is 11.7. The van der Waals surface area contributed by atoms with Crippen LogP contribution in [0.3, 0.4) is 0 Å². The maximum atomic E-state index is 13.4. The van der Waals surface area contributed by atoms with E-state index < -0.39 is 0 Å². The van der Waals surface area contributed by atoms with Crippen molar-refractivity contribution in [3.8, 4) is 23.7 Å². The van der Waals surface area contributed by atoms with Crippen LogP contribution in [0.15, 0.2) is 42.5 Å². The molecule has 0 saturated heterocycles. The Kier molecular flexibility index (Phi) is 4.59. The van der Waals surface area contributed by atoms with Crippen LogP contribution in [-0.2, 0) is 6.42 Å². The molecule has 0 bridgehead atoms. The number of hydrogen-bond donors (Lipinski definition) is 0. The molecule has 0 saturated carbocycles. The number of halogens is 1. The van der Waals surface area contributed by atoms with Crippen LogP contribution in [0.25, 0.3) is 0 Å². The van der Waals surface area contributed by atoms with Crippen LogP contribution < -0.4 is 0 Å². The molecular weight excluding hydrogens is 247 g/mol. The van der Waals surface area contributed by atoms with Crippen molar-refractivity contribution >= 4 is 0 Å². The van der Waals surface area contributed by atoms with Crippen LogP contribution >= 0.6 is 0 Å². The van der Waals surface area contributed by atoms with Gasteiger partial charge in [-0.3, -0.25) is 0 Å². The zero-order valence-corrected chi connectivity index (χ0v) is 11.6. The lowest BCUT2D eigenvalue weighted by Gasteiger charge is -1.96. The zero-order chi connectivity index (χ0) is 14.4. The predicted octanol–water partition coefficient (Wildman–Crippen LogP) is 4.10. The minimum absolute atomic E-state index is 0.217. The maximum Gasteiger partial charge on any atom is 0.127 e. The van der Waals surface area contributed by atoms with E-state index in [1.807, 2.05) is 37.3 Å². The molecule has 0 nitrogen and oxygen atoms in total. The van der Waals surface area contributed by atoms with Crippen molar-refractivity contribution in [3.05, 3.63) is 70.5 Å². The highest BCUT2D eigenvalue weighted by molar-refractivity contribution is 5.44. The van der Waals surface area contributed by atoms with Gasteiger partial charge in [0.25, 0.3) is 0 Å². The Labute approximate surface area is 119 Å². The SMILES string of the molecule is CC#CCc1ccc(C#Cc2ccc(C)c(F)c2)cc1. The fourth-order valence-electron chi connectivity index (χ4n) is 1.71. The molecule has 2 aromatic carbocycles. The second-order valence-corrected chi connectivity index (χ2v) is 4.51. The number of hydrogen-bond acceptors (Lipinski definition) is 0. The summed E-state index contributed by atoms with van der Waals surface area (Å²) in [4.78, 5) is 0.